The number of unbranched alkanes of at least 4 members (excludes halogenated alkanes) is 1. The van der Waals surface area contributed by atoms with E-state index in [-0.39, 0.29) is 17.6 Å². The number of alkyl halides is 5. The van der Waals surface area contributed by atoms with Crippen molar-refractivity contribution in [3.8, 4) is 5.75 Å². The lowest BCUT2D eigenvalue weighted by atomic mass is 9.55. The van der Waals surface area contributed by atoms with Crippen molar-refractivity contribution in [1.29, 1.82) is 0 Å². The van der Waals surface area contributed by atoms with Crippen LogP contribution in [0.2, 0.25) is 0 Å². The molecule has 280 valence electrons. The van der Waals surface area contributed by atoms with Crippen LogP contribution in [0.5, 0.6) is 5.75 Å². The number of aryl methyl sites for hydroxylation is 1. The van der Waals surface area contributed by atoms with Gasteiger partial charge >= 0.3 is 18.2 Å². The van der Waals surface area contributed by atoms with Crippen molar-refractivity contribution in [2.75, 3.05) is 32.9 Å². The largest absolute Gasteiger partial charge is 0.453 e. The van der Waals surface area contributed by atoms with Crippen molar-refractivity contribution in [3.05, 3.63) is 29.3 Å². The number of fused-ring (bicyclic) bond motifs is 5. The Bertz CT molecular complexity index is 1070. The maximum Gasteiger partial charge on any atom is 0.453 e. The quantitative estimate of drug-likeness (QED) is 0.208. The van der Waals surface area contributed by atoms with Gasteiger partial charge < -0.3 is 15.0 Å². The van der Waals surface area contributed by atoms with Crippen LogP contribution in [0.4, 0.5) is 26.7 Å². The molecule has 1 amide bonds. The van der Waals surface area contributed by atoms with Gasteiger partial charge in [0.1, 0.15) is 11.5 Å². The van der Waals surface area contributed by atoms with Gasteiger partial charge in [0, 0.05) is 31.3 Å². The Labute approximate surface area is 292 Å². The Hall–Kier alpha value is -1.88. The summed E-state index contributed by atoms with van der Waals surface area (Å²) in [6.45, 7) is 16.2. The molecule has 2 fully saturated rings. The zero-order valence-corrected chi connectivity index (χ0v) is 31.8. The van der Waals surface area contributed by atoms with Crippen LogP contribution in [0.3, 0.4) is 0 Å². The fourth-order valence-corrected chi connectivity index (χ4v) is 6.52. The summed E-state index contributed by atoms with van der Waals surface area (Å²) in [5.41, 5.74) is 2.65. The second-order valence-electron chi connectivity index (χ2n) is 13.1. The molecule has 4 atom stereocenters. The topological polar surface area (TPSA) is 58.6 Å². The molecule has 1 N–H and O–H groups in total. The van der Waals surface area contributed by atoms with E-state index in [1.807, 2.05) is 45.0 Å². The summed E-state index contributed by atoms with van der Waals surface area (Å²) in [6.07, 6.45) is 2.76. The number of thiol groups is 1. The van der Waals surface area contributed by atoms with Gasteiger partial charge in [0.15, 0.2) is 0 Å². The molecule has 0 heterocycles. The highest BCUT2D eigenvalue weighted by molar-refractivity contribution is 7.80. The SMILES string of the molecule is CC.CCC.CCCC.CN(C)CCNC(=O)Oc1ccc2c(c1)CCC1C2CCC2(C)C(=O)CCC12.FC(F)(F)C(F)(F)CCCS. The van der Waals surface area contributed by atoms with Crippen LogP contribution in [0.25, 0.3) is 0 Å². The van der Waals surface area contributed by atoms with Gasteiger partial charge in [-0.25, -0.2) is 4.79 Å². The van der Waals surface area contributed by atoms with Crippen LogP contribution in [0.15, 0.2) is 18.2 Å². The fourth-order valence-electron chi connectivity index (χ4n) is 6.36. The number of amides is 1. The molecule has 0 bridgehead atoms. The van der Waals surface area contributed by atoms with Crippen molar-refractivity contribution in [1.82, 2.24) is 10.2 Å². The number of carbonyl (C=O) groups excluding carboxylic acids is 2. The highest BCUT2D eigenvalue weighted by Gasteiger charge is 2.56. The molecular weight excluding hydrogens is 647 g/mol. The number of ketones is 1. The Balaban J connectivity index is 0.000000919. The number of halogens is 5. The van der Waals surface area contributed by atoms with Gasteiger partial charge in [0.25, 0.3) is 0 Å². The molecule has 0 aliphatic heterocycles. The minimum absolute atomic E-state index is 0.0334. The first-order valence-corrected chi connectivity index (χ1v) is 18.5. The molecule has 4 unspecified atom stereocenters. The summed E-state index contributed by atoms with van der Waals surface area (Å²) in [7, 11) is 3.94. The first-order chi connectivity index (χ1) is 22.5. The summed E-state index contributed by atoms with van der Waals surface area (Å²) in [6, 6.07) is 6.14. The number of hydrogen-bond donors (Lipinski definition) is 2. The number of nitrogens with one attached hydrogen (secondary N) is 1. The van der Waals surface area contributed by atoms with Gasteiger partial charge in [-0.3, -0.25) is 4.79 Å². The maximum atomic E-state index is 12.5. The van der Waals surface area contributed by atoms with Crippen LogP contribution >= 0.6 is 12.6 Å². The van der Waals surface area contributed by atoms with Gasteiger partial charge in [-0.15, -0.1) is 0 Å². The molecule has 0 spiro atoms. The zero-order chi connectivity index (χ0) is 37.1. The van der Waals surface area contributed by atoms with Gasteiger partial charge in [-0.2, -0.15) is 34.6 Å². The second-order valence-corrected chi connectivity index (χ2v) is 13.5. The number of carbonyl (C=O) groups is 2. The van der Waals surface area contributed by atoms with Crippen molar-refractivity contribution in [2.45, 2.75) is 137 Å². The van der Waals surface area contributed by atoms with E-state index < -0.39 is 24.6 Å². The summed E-state index contributed by atoms with van der Waals surface area (Å²) < 4.78 is 63.5. The number of rotatable bonds is 8. The number of nitrogens with zero attached hydrogens (tertiary/aromatic N) is 1. The molecule has 1 aromatic rings. The van der Waals surface area contributed by atoms with E-state index in [1.165, 1.54) is 30.4 Å². The highest BCUT2D eigenvalue weighted by atomic mass is 32.1. The zero-order valence-electron chi connectivity index (χ0n) is 30.9. The van der Waals surface area contributed by atoms with Crippen LogP contribution in [0.1, 0.15) is 130 Å². The molecule has 3 aliphatic rings. The predicted octanol–water partition coefficient (Wildman–Crippen LogP) is 10.9. The lowest BCUT2D eigenvalue weighted by Crippen LogP contribution is -2.42. The smallest absolute Gasteiger partial charge is 0.410 e. The summed E-state index contributed by atoms with van der Waals surface area (Å²) in [5, 5.41) is 2.79. The molecule has 2 saturated carbocycles. The van der Waals surface area contributed by atoms with E-state index in [0.29, 0.717) is 35.8 Å². The number of likely N-dealkylation sites (N-methyl/N-ethyl adjacent to an activating group) is 1. The van der Waals surface area contributed by atoms with Crippen LogP contribution < -0.4 is 10.1 Å². The van der Waals surface area contributed by atoms with E-state index in [9.17, 15) is 31.5 Å². The Morgan fingerprint density at radius 2 is 1.62 bits per heavy atom. The second kappa shape index (κ2) is 22.8. The molecule has 0 radical (unpaired) electrons. The lowest BCUT2D eigenvalue weighted by Gasteiger charge is -2.48. The number of hydrogen-bond acceptors (Lipinski definition) is 5. The van der Waals surface area contributed by atoms with Crippen molar-refractivity contribution >= 4 is 24.5 Å². The minimum Gasteiger partial charge on any atom is -0.410 e. The maximum absolute atomic E-state index is 12.5. The normalized spacial score (nSPS) is 22.4. The highest BCUT2D eigenvalue weighted by Crippen LogP contribution is 2.59. The molecular formula is C37H63F5N2O3S. The summed E-state index contributed by atoms with van der Waals surface area (Å²) >= 11 is 3.53. The first kappa shape index (κ1) is 46.1. The van der Waals surface area contributed by atoms with Gasteiger partial charge in [-0.05, 0) is 99.4 Å². The lowest BCUT2D eigenvalue weighted by molar-refractivity contribution is -0.284. The molecule has 0 aromatic heterocycles. The van der Waals surface area contributed by atoms with Crippen molar-refractivity contribution < 1.29 is 36.3 Å². The third kappa shape index (κ3) is 14.2. The van der Waals surface area contributed by atoms with Gasteiger partial charge in [0.05, 0.1) is 0 Å². The van der Waals surface area contributed by atoms with Crippen molar-refractivity contribution in [2.24, 2.45) is 17.3 Å². The monoisotopic (exact) mass is 710 g/mol. The third-order valence-electron chi connectivity index (χ3n) is 9.01. The average Bonchev–Trinajstić information content (AvgIpc) is 3.34. The Morgan fingerprint density at radius 3 is 2.15 bits per heavy atom. The molecule has 5 nitrogen and oxygen atoms in total. The number of benzene rings is 1. The molecule has 0 saturated heterocycles. The van der Waals surface area contributed by atoms with E-state index in [4.69, 9.17) is 4.74 Å². The Morgan fingerprint density at radius 1 is 1.02 bits per heavy atom. The summed E-state index contributed by atoms with van der Waals surface area (Å²) in [5.74, 6) is -1.69. The van der Waals surface area contributed by atoms with Gasteiger partial charge in [-0.1, -0.05) is 73.8 Å². The fraction of sp³-hybridized carbons (Fsp3) is 0.784. The molecule has 3 aliphatic carbocycles. The standard InChI is InChI=1S/C23H32N2O3.C5H7F5S.C4H10.C3H8.C2H6/c1-23-11-10-18-17-7-5-16(28-22(27)24-12-13-25(2)3)14-15(17)4-6-19(18)20(23)8-9-21(23)26;6-4(7,2-1-3-11)5(8,9)10;1-3-4-2;1-3-2;1-2/h5,7,14,18-20H,4,6,8-13H2,1-3H3,(H,24,27);11H,1-3H2;3-4H2,1-2H3;3H2,1-2H3;1-2H3. The van der Waals surface area contributed by atoms with Crippen LogP contribution in [-0.4, -0.2) is 61.8 Å². The molecule has 48 heavy (non-hydrogen) atoms. The van der Waals surface area contributed by atoms with E-state index >= 15 is 0 Å². The van der Waals surface area contributed by atoms with E-state index in [2.05, 4.69) is 58.6 Å². The van der Waals surface area contributed by atoms with Gasteiger partial charge in [0.2, 0.25) is 0 Å². The minimum atomic E-state index is -5.42. The molecule has 11 heteroatoms. The predicted molar refractivity (Wildman–Crippen MR) is 191 cm³/mol. The molecule has 4 rings (SSSR count). The van der Waals surface area contributed by atoms with E-state index in [1.54, 1.807) is 0 Å². The number of ether oxygens (including phenoxy) is 1. The van der Waals surface area contributed by atoms with Crippen LogP contribution in [0, 0.1) is 17.3 Å². The molecule has 1 aromatic carbocycles. The third-order valence-corrected chi connectivity index (χ3v) is 9.33. The Kier molecular flexibility index (Phi) is 21.9. The van der Waals surface area contributed by atoms with E-state index in [0.717, 1.165) is 45.1 Å². The summed E-state index contributed by atoms with van der Waals surface area (Å²) in [4.78, 5) is 26.5. The van der Waals surface area contributed by atoms with Crippen LogP contribution in [-0.2, 0) is 11.2 Å². The van der Waals surface area contributed by atoms with Crippen molar-refractivity contribution in [3.63, 3.8) is 0 Å². The first-order valence-electron chi connectivity index (χ1n) is 17.8. The average molecular weight is 711 g/mol. The number of Topliss-reactive ketones (excluding diaryl/α,β-unsaturated/α-hetero) is 1.